The summed E-state index contributed by atoms with van der Waals surface area (Å²) in [5.41, 5.74) is 3.45. The van der Waals surface area contributed by atoms with Gasteiger partial charge in [-0.05, 0) is 49.5 Å². The summed E-state index contributed by atoms with van der Waals surface area (Å²) in [7, 11) is -2.16. The first-order valence-corrected chi connectivity index (χ1v) is 15.6. The van der Waals surface area contributed by atoms with Crippen LogP contribution in [0.15, 0.2) is 59.6 Å². The lowest BCUT2D eigenvalue weighted by Gasteiger charge is -2.34. The molecule has 2 aromatic heterocycles. The molecule has 0 saturated carbocycles. The molecular weight excluding hydrogens is 592 g/mol. The SMILES string of the molecule is CN1CCN(c2ccc(C(=O)Cc3n[nH]c4c3CN(S(=O)(=O)c3cc(F)cc(F)c3)CC4)c(NC(=O)c3ccc[nH]3)c2)CC1. The molecule has 44 heavy (non-hydrogen) atoms. The number of aromatic nitrogens is 3. The van der Waals surface area contributed by atoms with Crippen LogP contribution in [0, 0.1) is 11.6 Å². The third-order valence-electron chi connectivity index (χ3n) is 8.05. The van der Waals surface area contributed by atoms with E-state index in [9.17, 15) is 26.8 Å². The molecule has 2 aliphatic heterocycles. The average Bonchev–Trinajstić information content (AvgIpc) is 3.68. The number of halogens is 2. The summed E-state index contributed by atoms with van der Waals surface area (Å²) >= 11 is 0. The van der Waals surface area contributed by atoms with Crippen molar-refractivity contribution in [3.63, 3.8) is 0 Å². The molecule has 4 heterocycles. The van der Waals surface area contributed by atoms with Crippen molar-refractivity contribution in [3.8, 4) is 0 Å². The van der Waals surface area contributed by atoms with Gasteiger partial charge in [-0.1, -0.05) is 0 Å². The van der Waals surface area contributed by atoms with E-state index in [1.54, 1.807) is 30.5 Å². The van der Waals surface area contributed by atoms with E-state index >= 15 is 0 Å². The summed E-state index contributed by atoms with van der Waals surface area (Å²) in [6, 6.07) is 10.9. The quantitative estimate of drug-likeness (QED) is 0.257. The Bertz CT molecular complexity index is 1800. The smallest absolute Gasteiger partial charge is 0.272 e. The van der Waals surface area contributed by atoms with Gasteiger partial charge in [0.05, 0.1) is 22.7 Å². The van der Waals surface area contributed by atoms with E-state index in [4.69, 9.17) is 0 Å². The maximum Gasteiger partial charge on any atom is 0.272 e. The maximum atomic E-state index is 13.8. The van der Waals surface area contributed by atoms with Crippen LogP contribution in [-0.4, -0.2) is 84.3 Å². The normalized spacial score (nSPS) is 16.1. The summed E-state index contributed by atoms with van der Waals surface area (Å²) < 4.78 is 55.3. The van der Waals surface area contributed by atoms with E-state index in [-0.39, 0.29) is 37.3 Å². The van der Waals surface area contributed by atoms with Gasteiger partial charge in [0, 0.05) is 80.5 Å². The fourth-order valence-electron chi connectivity index (χ4n) is 5.56. The first-order chi connectivity index (χ1) is 21.1. The molecule has 0 bridgehead atoms. The van der Waals surface area contributed by atoms with Crippen molar-refractivity contribution in [2.75, 3.05) is 50.0 Å². The highest BCUT2D eigenvalue weighted by Crippen LogP contribution is 2.30. The number of fused-ring (bicyclic) bond motifs is 1. The molecule has 2 aliphatic rings. The Morgan fingerprint density at radius 2 is 1.75 bits per heavy atom. The number of nitrogens with one attached hydrogen (secondary N) is 3. The van der Waals surface area contributed by atoms with Crippen LogP contribution in [0.5, 0.6) is 0 Å². The molecule has 0 unspecified atom stereocenters. The zero-order valence-electron chi connectivity index (χ0n) is 23.9. The number of carbonyl (C=O) groups excluding carboxylic acids is 2. The number of carbonyl (C=O) groups is 2. The number of hydrogen-bond acceptors (Lipinski definition) is 7. The van der Waals surface area contributed by atoms with E-state index in [1.807, 2.05) is 6.07 Å². The second kappa shape index (κ2) is 11.9. The number of hydrogen-bond donors (Lipinski definition) is 3. The molecule has 4 aromatic rings. The number of aromatic amines is 2. The molecule has 11 nitrogen and oxygen atoms in total. The lowest BCUT2D eigenvalue weighted by molar-refractivity contribution is 0.0992. The Balaban J connectivity index is 1.26. The van der Waals surface area contributed by atoms with E-state index in [0.29, 0.717) is 34.4 Å². The molecule has 6 rings (SSSR count). The van der Waals surface area contributed by atoms with Crippen LogP contribution in [-0.2, 0) is 29.4 Å². The molecule has 3 N–H and O–H groups in total. The number of H-pyrrole nitrogens is 2. The number of sulfonamides is 1. The molecule has 14 heteroatoms. The Morgan fingerprint density at radius 3 is 2.45 bits per heavy atom. The Morgan fingerprint density at radius 1 is 1.00 bits per heavy atom. The molecule has 1 amide bonds. The van der Waals surface area contributed by atoms with Gasteiger partial charge >= 0.3 is 0 Å². The van der Waals surface area contributed by atoms with Gasteiger partial charge in [0.15, 0.2) is 5.78 Å². The number of anilines is 2. The Hall–Kier alpha value is -4.40. The molecule has 230 valence electrons. The number of piperazine rings is 1. The van der Waals surface area contributed by atoms with Crippen molar-refractivity contribution in [1.82, 2.24) is 24.4 Å². The van der Waals surface area contributed by atoms with E-state index < -0.39 is 32.5 Å². The highest BCUT2D eigenvalue weighted by molar-refractivity contribution is 7.89. The number of likely N-dealkylation sites (N-methyl/N-ethyl adjacent to an activating group) is 1. The van der Waals surface area contributed by atoms with Crippen LogP contribution < -0.4 is 10.2 Å². The lowest BCUT2D eigenvalue weighted by atomic mass is 9.99. The van der Waals surface area contributed by atoms with Crippen LogP contribution in [0.4, 0.5) is 20.2 Å². The summed E-state index contributed by atoms with van der Waals surface area (Å²) in [4.78, 5) is 33.5. The van der Waals surface area contributed by atoms with Crippen LogP contribution in [0.25, 0.3) is 0 Å². The van der Waals surface area contributed by atoms with Gasteiger partial charge in [0.2, 0.25) is 10.0 Å². The number of nitrogens with zero attached hydrogens (tertiary/aromatic N) is 4. The van der Waals surface area contributed by atoms with E-state index in [0.717, 1.165) is 48.3 Å². The molecule has 1 saturated heterocycles. The highest BCUT2D eigenvalue weighted by atomic mass is 32.2. The zero-order chi connectivity index (χ0) is 31.0. The average molecular weight is 624 g/mol. The van der Waals surface area contributed by atoms with Gasteiger partial charge in [-0.15, -0.1) is 0 Å². The summed E-state index contributed by atoms with van der Waals surface area (Å²) in [6.45, 7) is 3.33. The Labute approximate surface area is 252 Å². The van der Waals surface area contributed by atoms with E-state index in [2.05, 4.69) is 37.3 Å². The topological polar surface area (TPSA) is 134 Å². The lowest BCUT2D eigenvalue weighted by Crippen LogP contribution is -2.44. The van der Waals surface area contributed by atoms with Gasteiger partial charge in [-0.3, -0.25) is 14.7 Å². The molecule has 1 fully saturated rings. The van der Waals surface area contributed by atoms with Crippen molar-refractivity contribution in [3.05, 3.63) is 94.6 Å². The molecule has 0 spiro atoms. The van der Waals surface area contributed by atoms with Gasteiger partial charge in [0.1, 0.15) is 17.3 Å². The molecular formula is C30H31F2N7O4S. The monoisotopic (exact) mass is 623 g/mol. The summed E-state index contributed by atoms with van der Waals surface area (Å²) in [5.74, 6) is -2.70. The van der Waals surface area contributed by atoms with Crippen molar-refractivity contribution in [1.29, 1.82) is 0 Å². The van der Waals surface area contributed by atoms with Gasteiger partial charge < -0.3 is 20.1 Å². The zero-order valence-corrected chi connectivity index (χ0v) is 24.8. The van der Waals surface area contributed by atoms with Gasteiger partial charge in [-0.25, -0.2) is 17.2 Å². The summed E-state index contributed by atoms with van der Waals surface area (Å²) in [5, 5.41) is 10.1. The number of Topliss-reactive ketones (excluding diaryl/α,β-unsaturated/α-hetero) is 1. The second-order valence-electron chi connectivity index (χ2n) is 11.0. The van der Waals surface area contributed by atoms with Crippen LogP contribution in [0.2, 0.25) is 0 Å². The first-order valence-electron chi connectivity index (χ1n) is 14.1. The van der Waals surface area contributed by atoms with Crippen molar-refractivity contribution in [2.24, 2.45) is 0 Å². The number of benzene rings is 2. The predicted octanol–water partition coefficient (Wildman–Crippen LogP) is 3.19. The van der Waals surface area contributed by atoms with Gasteiger partial charge in [0.25, 0.3) is 5.91 Å². The minimum Gasteiger partial charge on any atom is -0.369 e. The third-order valence-corrected chi connectivity index (χ3v) is 9.87. The largest absolute Gasteiger partial charge is 0.369 e. The number of rotatable bonds is 8. The fraction of sp³-hybridized carbons (Fsp3) is 0.300. The Kier molecular flexibility index (Phi) is 8.05. The molecule has 0 atom stereocenters. The molecule has 0 aliphatic carbocycles. The summed E-state index contributed by atoms with van der Waals surface area (Å²) in [6.07, 6.45) is 1.76. The van der Waals surface area contributed by atoms with Crippen molar-refractivity contribution >= 4 is 33.1 Å². The van der Waals surface area contributed by atoms with Crippen molar-refractivity contribution < 1.29 is 26.8 Å². The highest BCUT2D eigenvalue weighted by Gasteiger charge is 2.32. The minimum atomic E-state index is -4.22. The number of amides is 1. The standard InChI is InChI=1S/C30H31F2N7O4S/c1-37-9-11-38(12-10-37)21-4-5-23(27(16-21)34-30(41)26-3-2-7-33-26)29(40)17-28-24-18-39(8-6-25(24)35-36-28)44(42,43)22-14-19(31)13-20(32)15-22/h2-5,7,13-16,33H,6,8-12,17-18H2,1H3,(H,34,41)(H,35,36). The maximum absolute atomic E-state index is 13.8. The van der Waals surface area contributed by atoms with E-state index in [1.165, 1.54) is 0 Å². The number of ketones is 1. The predicted molar refractivity (Wildman–Crippen MR) is 159 cm³/mol. The second-order valence-corrected chi connectivity index (χ2v) is 12.9. The third kappa shape index (κ3) is 6.00. The molecule has 0 radical (unpaired) electrons. The first kappa shape index (κ1) is 29.7. The minimum absolute atomic E-state index is 0.0751. The van der Waals surface area contributed by atoms with Crippen LogP contribution >= 0.6 is 0 Å². The van der Waals surface area contributed by atoms with Crippen molar-refractivity contribution in [2.45, 2.75) is 24.3 Å². The molecule has 2 aromatic carbocycles. The van der Waals surface area contributed by atoms with Gasteiger partial charge in [-0.2, -0.15) is 9.40 Å². The van der Waals surface area contributed by atoms with Crippen LogP contribution in [0.1, 0.15) is 37.8 Å². The van der Waals surface area contributed by atoms with Crippen LogP contribution in [0.3, 0.4) is 0 Å². The fourth-order valence-corrected chi connectivity index (χ4v) is 7.01.